The number of nitrogens with one attached hydrogen (secondary N) is 1. The number of likely N-dealkylation sites (tertiary alicyclic amines) is 1. The molecule has 2 N–H and O–H groups in total. The Morgan fingerprint density at radius 3 is 2.35 bits per heavy atom. The summed E-state index contributed by atoms with van der Waals surface area (Å²) >= 11 is 12.0. The second-order valence-corrected chi connectivity index (χ2v) is 9.96. The van der Waals surface area contributed by atoms with Gasteiger partial charge in [0, 0.05) is 32.2 Å². The molecule has 0 saturated carbocycles. The molecule has 0 aliphatic carbocycles. The molecule has 1 unspecified atom stereocenters. The normalized spacial score (nSPS) is 16.8. The Hall–Kier alpha value is -1.55. The number of hydrogen-bond donors (Lipinski definition) is 2. The van der Waals surface area contributed by atoms with Gasteiger partial charge in [-0.25, -0.2) is 13.1 Å². The van der Waals surface area contributed by atoms with Gasteiger partial charge in [0.1, 0.15) is 17.6 Å². The quantitative estimate of drug-likeness (QED) is 0.563. The molecule has 1 heterocycles. The first-order chi connectivity index (χ1) is 14.8. The predicted octanol–water partition coefficient (Wildman–Crippen LogP) is 3.18. The van der Waals surface area contributed by atoms with Gasteiger partial charge < -0.3 is 19.5 Å². The van der Waals surface area contributed by atoms with Gasteiger partial charge in [-0.15, -0.1) is 0 Å². The predicted molar refractivity (Wildman–Crippen MR) is 121 cm³/mol. The van der Waals surface area contributed by atoms with Gasteiger partial charge in [-0.2, -0.15) is 0 Å². The third-order valence-corrected chi connectivity index (χ3v) is 7.25. The first kappa shape index (κ1) is 24.1. The van der Waals surface area contributed by atoms with Gasteiger partial charge >= 0.3 is 0 Å². The number of aliphatic hydroxyl groups excluding tert-OH is 1. The van der Waals surface area contributed by atoms with Gasteiger partial charge in [-0.05, 0) is 49.2 Å². The van der Waals surface area contributed by atoms with Crippen LogP contribution in [0.2, 0.25) is 10.0 Å². The average Bonchev–Trinajstić information content (AvgIpc) is 2.76. The van der Waals surface area contributed by atoms with Crippen molar-refractivity contribution in [3.8, 4) is 11.5 Å². The Balaban J connectivity index is 1.42. The highest BCUT2D eigenvalue weighted by atomic mass is 35.5. The highest BCUT2D eigenvalue weighted by Crippen LogP contribution is 2.28. The van der Waals surface area contributed by atoms with Crippen molar-refractivity contribution >= 4 is 33.2 Å². The van der Waals surface area contributed by atoms with E-state index in [9.17, 15) is 13.5 Å². The van der Waals surface area contributed by atoms with Gasteiger partial charge in [0.15, 0.2) is 0 Å². The topological polar surface area (TPSA) is 88.1 Å². The molecule has 1 aliphatic rings. The third-order valence-electron chi connectivity index (χ3n) is 5.08. The minimum atomic E-state index is -3.70. The van der Waals surface area contributed by atoms with Crippen LogP contribution in [0, 0.1) is 0 Å². The first-order valence-corrected chi connectivity index (χ1v) is 12.2. The molecule has 10 heteroatoms. The van der Waals surface area contributed by atoms with Crippen LogP contribution in [0.15, 0.2) is 47.4 Å². The van der Waals surface area contributed by atoms with Crippen LogP contribution in [0.1, 0.15) is 12.8 Å². The summed E-state index contributed by atoms with van der Waals surface area (Å²) in [7, 11) is -2.18. The number of piperidine rings is 1. The van der Waals surface area contributed by atoms with E-state index >= 15 is 0 Å². The van der Waals surface area contributed by atoms with Crippen LogP contribution in [0.25, 0.3) is 0 Å². The summed E-state index contributed by atoms with van der Waals surface area (Å²) in [6.07, 6.45) is 0.828. The number of hydrogen-bond acceptors (Lipinski definition) is 6. The maximum Gasteiger partial charge on any atom is 0.240 e. The molecule has 1 saturated heterocycles. The summed E-state index contributed by atoms with van der Waals surface area (Å²) in [5, 5.41) is 11.2. The molecule has 2 aromatic carbocycles. The van der Waals surface area contributed by atoms with Crippen molar-refractivity contribution < 1.29 is 23.0 Å². The van der Waals surface area contributed by atoms with Crippen LogP contribution in [0.3, 0.4) is 0 Å². The molecule has 170 valence electrons. The van der Waals surface area contributed by atoms with E-state index in [0.717, 1.165) is 25.9 Å². The molecule has 3 rings (SSSR count). The van der Waals surface area contributed by atoms with E-state index in [1.807, 2.05) is 0 Å². The monoisotopic (exact) mass is 488 g/mol. The zero-order chi connectivity index (χ0) is 22.4. The van der Waals surface area contributed by atoms with Crippen molar-refractivity contribution in [2.45, 2.75) is 29.9 Å². The molecular formula is C21H26Cl2N2O5S. The van der Waals surface area contributed by atoms with E-state index in [-0.39, 0.29) is 17.5 Å². The molecule has 0 bridgehead atoms. The summed E-state index contributed by atoms with van der Waals surface area (Å²) in [6, 6.07) is 11.3. The largest absolute Gasteiger partial charge is 0.497 e. The minimum absolute atomic E-state index is 0.0548. The van der Waals surface area contributed by atoms with Crippen LogP contribution in [0.4, 0.5) is 0 Å². The van der Waals surface area contributed by atoms with E-state index in [0.29, 0.717) is 28.1 Å². The lowest BCUT2D eigenvalue weighted by Crippen LogP contribution is -2.45. The average molecular weight is 489 g/mol. The standard InChI is InChI=1S/C21H26Cl2N2O5S/c1-29-16-2-5-19(6-3-16)31(27,28)24-13-15(26)14-25-10-8-17(9-11-25)30-18-4-7-20(22)21(23)12-18/h2-7,12,15,17,24,26H,8-11,13-14H2,1H3. The van der Waals surface area contributed by atoms with Crippen LogP contribution in [-0.4, -0.2) is 63.9 Å². The van der Waals surface area contributed by atoms with E-state index in [4.69, 9.17) is 32.7 Å². The fourth-order valence-electron chi connectivity index (χ4n) is 3.36. The minimum Gasteiger partial charge on any atom is -0.497 e. The molecule has 31 heavy (non-hydrogen) atoms. The number of aliphatic hydroxyl groups is 1. The van der Waals surface area contributed by atoms with Gasteiger partial charge in [0.05, 0.1) is 28.2 Å². The maximum absolute atomic E-state index is 12.4. The Kier molecular flexibility index (Phi) is 8.43. The van der Waals surface area contributed by atoms with Crippen molar-refractivity contribution in [2.24, 2.45) is 0 Å². The van der Waals surface area contributed by atoms with Crippen LogP contribution in [0.5, 0.6) is 11.5 Å². The molecule has 0 amide bonds. The molecule has 0 radical (unpaired) electrons. The molecule has 0 aromatic heterocycles. The number of rotatable bonds is 9. The molecule has 1 aliphatic heterocycles. The molecule has 1 atom stereocenters. The summed E-state index contributed by atoms with van der Waals surface area (Å²) in [5.74, 6) is 1.26. The van der Waals surface area contributed by atoms with Crippen molar-refractivity contribution in [3.05, 3.63) is 52.5 Å². The second kappa shape index (κ2) is 10.8. The highest BCUT2D eigenvalue weighted by Gasteiger charge is 2.23. The SMILES string of the molecule is COc1ccc(S(=O)(=O)NCC(O)CN2CCC(Oc3ccc(Cl)c(Cl)c3)CC2)cc1. The zero-order valence-electron chi connectivity index (χ0n) is 17.1. The molecule has 2 aromatic rings. The van der Waals surface area contributed by atoms with Gasteiger partial charge in [0.25, 0.3) is 0 Å². The van der Waals surface area contributed by atoms with Crippen molar-refractivity contribution in [2.75, 3.05) is 33.3 Å². The number of nitrogens with zero attached hydrogens (tertiary/aromatic N) is 1. The van der Waals surface area contributed by atoms with E-state index in [1.165, 1.54) is 19.2 Å². The lowest BCUT2D eigenvalue weighted by Gasteiger charge is -2.33. The first-order valence-electron chi connectivity index (χ1n) is 9.92. The molecule has 1 fully saturated rings. The number of halogens is 2. The second-order valence-electron chi connectivity index (χ2n) is 7.37. The number of ether oxygens (including phenoxy) is 2. The Labute approximate surface area is 192 Å². The third kappa shape index (κ3) is 6.97. The molecular weight excluding hydrogens is 463 g/mol. The number of benzene rings is 2. The number of sulfonamides is 1. The molecule has 0 spiro atoms. The van der Waals surface area contributed by atoms with E-state index in [1.54, 1.807) is 30.3 Å². The summed E-state index contributed by atoms with van der Waals surface area (Å²) in [5.41, 5.74) is 0. The molecule has 7 nitrogen and oxygen atoms in total. The Morgan fingerprint density at radius 2 is 1.74 bits per heavy atom. The Bertz CT molecular complexity index is 964. The lowest BCUT2D eigenvalue weighted by molar-refractivity contribution is 0.0630. The van der Waals surface area contributed by atoms with Gasteiger partial charge in [0.2, 0.25) is 10.0 Å². The van der Waals surface area contributed by atoms with Crippen LogP contribution >= 0.6 is 23.2 Å². The summed E-state index contributed by atoms with van der Waals surface area (Å²) < 4.78 is 38.2. The summed E-state index contributed by atoms with van der Waals surface area (Å²) in [4.78, 5) is 2.22. The van der Waals surface area contributed by atoms with E-state index < -0.39 is 16.1 Å². The maximum atomic E-state index is 12.4. The highest BCUT2D eigenvalue weighted by molar-refractivity contribution is 7.89. The van der Waals surface area contributed by atoms with E-state index in [2.05, 4.69) is 9.62 Å². The van der Waals surface area contributed by atoms with Gasteiger partial charge in [-0.3, -0.25) is 0 Å². The Morgan fingerprint density at radius 1 is 1.10 bits per heavy atom. The number of β-amino-alcohol motifs (C(OH)–C–C–N with tert-alkyl or cyclic N) is 1. The number of methoxy groups -OCH3 is 1. The van der Waals surface area contributed by atoms with Gasteiger partial charge in [-0.1, -0.05) is 23.2 Å². The lowest BCUT2D eigenvalue weighted by atomic mass is 10.1. The fraction of sp³-hybridized carbons (Fsp3) is 0.429. The van der Waals surface area contributed by atoms with Crippen molar-refractivity contribution in [1.82, 2.24) is 9.62 Å². The zero-order valence-corrected chi connectivity index (χ0v) is 19.5. The van der Waals surface area contributed by atoms with Crippen molar-refractivity contribution in [3.63, 3.8) is 0 Å². The van der Waals surface area contributed by atoms with Crippen LogP contribution in [-0.2, 0) is 10.0 Å². The smallest absolute Gasteiger partial charge is 0.240 e. The summed E-state index contributed by atoms with van der Waals surface area (Å²) in [6.45, 7) is 1.81. The van der Waals surface area contributed by atoms with Crippen LogP contribution < -0.4 is 14.2 Å². The fourth-order valence-corrected chi connectivity index (χ4v) is 4.72. The van der Waals surface area contributed by atoms with Crippen molar-refractivity contribution in [1.29, 1.82) is 0 Å².